The minimum Gasteiger partial charge on any atom is -0.461 e. The quantitative estimate of drug-likeness (QED) is 0.0356. The summed E-state index contributed by atoms with van der Waals surface area (Å²) in [5.74, 6) is -2.66. The molecule has 19 heteroatoms. The van der Waals surface area contributed by atoms with Gasteiger partial charge < -0.3 is 85.0 Å². The van der Waals surface area contributed by atoms with E-state index in [1.165, 1.54) is 0 Å². The lowest BCUT2D eigenvalue weighted by molar-refractivity contribution is -0.176. The van der Waals surface area contributed by atoms with Gasteiger partial charge in [-0.3, -0.25) is 0 Å². The van der Waals surface area contributed by atoms with Gasteiger partial charge in [0, 0.05) is 0 Å². The molecule has 10 unspecified atom stereocenters. The lowest BCUT2D eigenvalue weighted by Gasteiger charge is -2.27. The third-order valence-electron chi connectivity index (χ3n) is 5.38. The van der Waals surface area contributed by atoms with Gasteiger partial charge in [0.15, 0.2) is 12.2 Å². The molecule has 0 saturated heterocycles. The van der Waals surface area contributed by atoms with Gasteiger partial charge in [0.2, 0.25) is 0 Å². The highest BCUT2D eigenvalue weighted by Gasteiger charge is 2.39. The molecule has 0 heterocycles. The van der Waals surface area contributed by atoms with Crippen LogP contribution in [0.4, 0.5) is 0 Å². The Labute approximate surface area is 234 Å². The average Bonchev–Trinajstić information content (AvgIpc) is 2.98. The lowest BCUT2D eigenvalue weighted by atomic mass is 9.99. The highest BCUT2D eigenvalue weighted by molar-refractivity contribution is 5.75. The van der Waals surface area contributed by atoms with Crippen LogP contribution in [0.2, 0.25) is 0 Å². The number of aliphatic hydroxyl groups is 12. The molecule has 0 aromatic heterocycles. The van der Waals surface area contributed by atoms with Gasteiger partial charge in [-0.25, -0.2) is 9.59 Å². The summed E-state index contributed by atoms with van der Waals surface area (Å²) in [4.78, 5) is 23.4. The summed E-state index contributed by atoms with van der Waals surface area (Å²) in [6.45, 7) is -2.42. The number of hydrogen-bond donors (Lipinski definition) is 12. The molecule has 0 amide bonds. The van der Waals surface area contributed by atoms with E-state index in [2.05, 4.69) is 9.47 Å². The van der Waals surface area contributed by atoms with E-state index in [4.69, 9.17) is 24.4 Å². The maximum absolute atomic E-state index is 11.7. The van der Waals surface area contributed by atoms with Gasteiger partial charge in [-0.05, 0) is 0 Å². The summed E-state index contributed by atoms with van der Waals surface area (Å²) in [7, 11) is 0. The van der Waals surface area contributed by atoms with Crippen molar-refractivity contribution in [2.45, 2.75) is 61.0 Å². The van der Waals surface area contributed by atoms with Gasteiger partial charge in [-0.2, -0.15) is 0 Å². The first kappa shape index (κ1) is 39.3. The molecule has 0 rings (SSSR count). The van der Waals surface area contributed by atoms with Crippen LogP contribution in [0.5, 0.6) is 0 Å². The standard InChI is InChI=1S/C22H42O19/c23-9-11(25)13(27)15(29)17(31)19(33)21(35)40-7-5-38-3-1-37-2-4-39-6-8-41-22(36)20(34)18(32)16(30)14(28)12(26)10-24/h11-20,23-34H,1-10H2. The minimum absolute atomic E-state index is 0.0698. The Bertz CT molecular complexity index is 642. The Balaban J connectivity index is 3.87. The number of ether oxygens (including phenoxy) is 5. The number of carbonyl (C=O) groups excluding carboxylic acids is 2. The largest absolute Gasteiger partial charge is 0.461 e. The summed E-state index contributed by atoms with van der Waals surface area (Å²) in [6.07, 6.45) is -20.8. The Kier molecular flexibility index (Phi) is 21.1. The van der Waals surface area contributed by atoms with E-state index >= 15 is 0 Å². The summed E-state index contributed by atoms with van der Waals surface area (Å²) >= 11 is 0. The van der Waals surface area contributed by atoms with E-state index in [0.717, 1.165) is 0 Å². The predicted octanol–water partition coefficient (Wildman–Crippen LogP) is -8.28. The molecule has 10 atom stereocenters. The van der Waals surface area contributed by atoms with Crippen molar-refractivity contribution < 1.29 is 94.6 Å². The molecule has 0 fully saturated rings. The summed E-state index contributed by atoms with van der Waals surface area (Å²) in [5, 5.41) is 113. The van der Waals surface area contributed by atoms with Crippen LogP contribution in [0.25, 0.3) is 0 Å². The van der Waals surface area contributed by atoms with Crippen molar-refractivity contribution in [1.82, 2.24) is 0 Å². The Hall–Kier alpha value is -1.66. The maximum Gasteiger partial charge on any atom is 0.337 e. The van der Waals surface area contributed by atoms with Gasteiger partial charge in [0.25, 0.3) is 0 Å². The van der Waals surface area contributed by atoms with Crippen molar-refractivity contribution in [3.05, 3.63) is 0 Å². The second-order valence-electron chi connectivity index (χ2n) is 8.51. The monoisotopic (exact) mass is 610 g/mol. The van der Waals surface area contributed by atoms with E-state index in [0.29, 0.717) is 0 Å². The highest BCUT2D eigenvalue weighted by Crippen LogP contribution is 2.11. The Morgan fingerprint density at radius 3 is 0.951 bits per heavy atom. The Morgan fingerprint density at radius 2 is 0.683 bits per heavy atom. The predicted molar refractivity (Wildman–Crippen MR) is 129 cm³/mol. The number of hydrogen-bond acceptors (Lipinski definition) is 19. The molecular formula is C22H42O19. The van der Waals surface area contributed by atoms with E-state index in [1.54, 1.807) is 0 Å². The first-order valence-corrected chi connectivity index (χ1v) is 12.4. The lowest BCUT2D eigenvalue weighted by Crippen LogP contribution is -2.52. The molecule has 0 aromatic carbocycles. The third-order valence-corrected chi connectivity index (χ3v) is 5.38. The van der Waals surface area contributed by atoms with Crippen molar-refractivity contribution >= 4 is 11.9 Å². The second kappa shape index (κ2) is 22.0. The van der Waals surface area contributed by atoms with E-state index < -0.39 is 86.2 Å². The molecule has 0 aliphatic heterocycles. The van der Waals surface area contributed by atoms with Crippen LogP contribution >= 0.6 is 0 Å². The van der Waals surface area contributed by atoms with Crippen molar-refractivity contribution in [2.24, 2.45) is 0 Å². The first-order valence-electron chi connectivity index (χ1n) is 12.4. The fourth-order valence-electron chi connectivity index (χ4n) is 2.84. The molecule has 0 aliphatic rings. The second-order valence-corrected chi connectivity index (χ2v) is 8.51. The van der Waals surface area contributed by atoms with Gasteiger partial charge in [0.05, 0.1) is 52.9 Å². The van der Waals surface area contributed by atoms with Crippen LogP contribution in [-0.4, -0.2) is 200 Å². The van der Waals surface area contributed by atoms with Crippen molar-refractivity contribution in [1.29, 1.82) is 0 Å². The molecular weight excluding hydrogens is 568 g/mol. The van der Waals surface area contributed by atoms with Crippen LogP contribution in [0.1, 0.15) is 0 Å². The first-order chi connectivity index (χ1) is 19.3. The van der Waals surface area contributed by atoms with Gasteiger partial charge in [-0.15, -0.1) is 0 Å². The van der Waals surface area contributed by atoms with E-state index in [1.807, 2.05) is 0 Å². The Morgan fingerprint density at radius 1 is 0.415 bits per heavy atom. The van der Waals surface area contributed by atoms with Crippen LogP contribution in [-0.2, 0) is 33.3 Å². The average molecular weight is 611 g/mol. The molecule has 0 aromatic rings. The molecule has 0 spiro atoms. The highest BCUT2D eigenvalue weighted by atomic mass is 16.6. The van der Waals surface area contributed by atoms with Gasteiger partial charge in [0.1, 0.15) is 62.0 Å². The summed E-state index contributed by atoms with van der Waals surface area (Å²) in [6, 6.07) is 0. The van der Waals surface area contributed by atoms with Crippen LogP contribution in [0.3, 0.4) is 0 Å². The summed E-state index contributed by atoms with van der Waals surface area (Å²) in [5.41, 5.74) is 0. The van der Waals surface area contributed by atoms with Crippen molar-refractivity contribution in [3.8, 4) is 0 Å². The van der Waals surface area contributed by atoms with Crippen molar-refractivity contribution in [3.63, 3.8) is 0 Å². The zero-order valence-electron chi connectivity index (χ0n) is 22.1. The number of rotatable bonds is 24. The number of esters is 2. The third kappa shape index (κ3) is 14.9. The van der Waals surface area contributed by atoms with E-state index in [-0.39, 0.29) is 52.9 Å². The smallest absolute Gasteiger partial charge is 0.337 e. The zero-order valence-corrected chi connectivity index (χ0v) is 22.1. The minimum atomic E-state index is -2.24. The molecule has 12 N–H and O–H groups in total. The SMILES string of the molecule is O=C(OCCOCCOCCOCCOC(=O)C(O)C(O)C(O)C(O)C(O)CO)C(O)C(O)C(O)C(O)C(O)CO. The molecule has 0 aliphatic carbocycles. The topological polar surface area (TPSA) is 323 Å². The molecule has 0 radical (unpaired) electrons. The van der Waals surface area contributed by atoms with Crippen molar-refractivity contribution in [2.75, 3.05) is 66.1 Å². The fourth-order valence-corrected chi connectivity index (χ4v) is 2.84. The number of carbonyl (C=O) groups is 2. The van der Waals surface area contributed by atoms with Crippen LogP contribution < -0.4 is 0 Å². The molecule has 244 valence electrons. The fraction of sp³-hybridized carbons (Fsp3) is 0.909. The molecule has 19 nitrogen and oxygen atoms in total. The van der Waals surface area contributed by atoms with Gasteiger partial charge >= 0.3 is 11.9 Å². The molecule has 41 heavy (non-hydrogen) atoms. The van der Waals surface area contributed by atoms with Crippen LogP contribution in [0.15, 0.2) is 0 Å². The molecule has 0 bridgehead atoms. The number of aliphatic hydroxyl groups excluding tert-OH is 12. The zero-order chi connectivity index (χ0) is 31.5. The molecule has 0 saturated carbocycles. The van der Waals surface area contributed by atoms with E-state index in [9.17, 15) is 60.7 Å². The van der Waals surface area contributed by atoms with Gasteiger partial charge in [-0.1, -0.05) is 0 Å². The maximum atomic E-state index is 11.7. The normalized spacial score (nSPS) is 19.2. The summed E-state index contributed by atoms with van der Waals surface area (Å²) < 4.78 is 24.7. The van der Waals surface area contributed by atoms with Crippen LogP contribution in [0, 0.1) is 0 Å².